The molecule has 0 heterocycles. The van der Waals surface area contributed by atoms with Gasteiger partial charge in [-0.1, -0.05) is 31.0 Å². The number of rotatable bonds is 3. The van der Waals surface area contributed by atoms with Crippen LogP contribution in [0, 0.1) is 0 Å². The van der Waals surface area contributed by atoms with E-state index in [9.17, 15) is 5.11 Å². The number of nitrogen functional groups attached to an aromatic ring is 1. The van der Waals surface area contributed by atoms with Crippen molar-refractivity contribution in [1.29, 1.82) is 0 Å². The van der Waals surface area contributed by atoms with Crippen LogP contribution in [-0.4, -0.2) is 5.11 Å². The minimum absolute atomic E-state index is 0.470. The quantitative estimate of drug-likeness (QED) is 0.736. The standard InChI is InChI=1S/C10H14ClNO/c1-2-3-10(13)8-5-4-7(11)6-9(8)12/h4-6,10,13H,2-3,12H2,1H3. The second-order valence-corrected chi connectivity index (χ2v) is 3.51. The fourth-order valence-corrected chi connectivity index (χ4v) is 1.46. The molecule has 0 aromatic heterocycles. The Morgan fingerprint density at radius 2 is 2.23 bits per heavy atom. The van der Waals surface area contributed by atoms with E-state index in [1.54, 1.807) is 18.2 Å². The highest BCUT2D eigenvalue weighted by atomic mass is 35.5. The lowest BCUT2D eigenvalue weighted by molar-refractivity contribution is 0.167. The molecule has 0 saturated heterocycles. The maximum Gasteiger partial charge on any atom is 0.0809 e. The third-order valence-corrected chi connectivity index (χ3v) is 2.21. The third-order valence-electron chi connectivity index (χ3n) is 1.97. The van der Waals surface area contributed by atoms with E-state index in [1.165, 1.54) is 0 Å². The van der Waals surface area contributed by atoms with E-state index in [4.69, 9.17) is 17.3 Å². The van der Waals surface area contributed by atoms with Gasteiger partial charge in [-0.25, -0.2) is 0 Å². The summed E-state index contributed by atoms with van der Waals surface area (Å²) in [6.45, 7) is 2.02. The van der Waals surface area contributed by atoms with Crippen molar-refractivity contribution in [2.45, 2.75) is 25.9 Å². The maximum atomic E-state index is 9.67. The van der Waals surface area contributed by atoms with E-state index >= 15 is 0 Å². The molecule has 0 aliphatic heterocycles. The van der Waals surface area contributed by atoms with Gasteiger partial charge in [-0.15, -0.1) is 0 Å². The van der Waals surface area contributed by atoms with Crippen molar-refractivity contribution in [3.8, 4) is 0 Å². The monoisotopic (exact) mass is 199 g/mol. The van der Waals surface area contributed by atoms with Crippen LogP contribution in [0.2, 0.25) is 5.02 Å². The highest BCUT2D eigenvalue weighted by Crippen LogP contribution is 2.26. The molecule has 2 nitrogen and oxygen atoms in total. The number of hydrogen-bond acceptors (Lipinski definition) is 2. The number of aliphatic hydroxyl groups is 1. The second-order valence-electron chi connectivity index (χ2n) is 3.08. The minimum Gasteiger partial charge on any atom is -0.398 e. The van der Waals surface area contributed by atoms with E-state index in [0.29, 0.717) is 10.7 Å². The molecular formula is C10H14ClNO. The zero-order chi connectivity index (χ0) is 9.84. The topological polar surface area (TPSA) is 46.2 Å². The highest BCUT2D eigenvalue weighted by Gasteiger charge is 2.09. The Kier molecular flexibility index (Phi) is 3.58. The molecule has 0 bridgehead atoms. The van der Waals surface area contributed by atoms with Gasteiger partial charge in [0.25, 0.3) is 0 Å². The average Bonchev–Trinajstić information content (AvgIpc) is 2.04. The fourth-order valence-electron chi connectivity index (χ4n) is 1.28. The van der Waals surface area contributed by atoms with Crippen LogP contribution in [-0.2, 0) is 0 Å². The van der Waals surface area contributed by atoms with Crippen LogP contribution in [0.3, 0.4) is 0 Å². The van der Waals surface area contributed by atoms with Gasteiger partial charge >= 0.3 is 0 Å². The fraction of sp³-hybridized carbons (Fsp3) is 0.400. The lowest BCUT2D eigenvalue weighted by atomic mass is 10.0. The van der Waals surface area contributed by atoms with Crippen LogP contribution in [0.5, 0.6) is 0 Å². The number of aliphatic hydroxyl groups excluding tert-OH is 1. The van der Waals surface area contributed by atoms with E-state index in [-0.39, 0.29) is 0 Å². The summed E-state index contributed by atoms with van der Waals surface area (Å²) in [6, 6.07) is 5.18. The van der Waals surface area contributed by atoms with Crippen molar-refractivity contribution < 1.29 is 5.11 Å². The molecular weight excluding hydrogens is 186 g/mol. The number of benzene rings is 1. The molecule has 1 aromatic rings. The predicted octanol–water partition coefficient (Wildman–Crippen LogP) is 2.76. The molecule has 0 saturated carbocycles. The largest absolute Gasteiger partial charge is 0.398 e. The summed E-state index contributed by atoms with van der Waals surface area (Å²) < 4.78 is 0. The predicted molar refractivity (Wildman–Crippen MR) is 55.7 cm³/mol. The Hall–Kier alpha value is -0.730. The van der Waals surface area contributed by atoms with Gasteiger partial charge in [0.05, 0.1) is 6.10 Å². The first-order chi connectivity index (χ1) is 6.15. The molecule has 0 spiro atoms. The summed E-state index contributed by atoms with van der Waals surface area (Å²) >= 11 is 5.74. The van der Waals surface area contributed by atoms with Crippen LogP contribution in [0.4, 0.5) is 5.69 Å². The Morgan fingerprint density at radius 1 is 1.54 bits per heavy atom. The molecule has 0 aliphatic rings. The van der Waals surface area contributed by atoms with Gasteiger partial charge in [0.2, 0.25) is 0 Å². The average molecular weight is 200 g/mol. The van der Waals surface area contributed by atoms with Crippen molar-refractivity contribution in [3.05, 3.63) is 28.8 Å². The SMILES string of the molecule is CCCC(O)c1ccc(Cl)cc1N. The van der Waals surface area contributed by atoms with Gasteiger partial charge in [0.1, 0.15) is 0 Å². The Bertz CT molecular complexity index is 288. The van der Waals surface area contributed by atoms with Crippen LogP contribution >= 0.6 is 11.6 Å². The summed E-state index contributed by atoms with van der Waals surface area (Å²) in [5.74, 6) is 0. The number of anilines is 1. The second kappa shape index (κ2) is 4.49. The van der Waals surface area contributed by atoms with Crippen molar-refractivity contribution >= 4 is 17.3 Å². The summed E-state index contributed by atoms with van der Waals surface area (Å²) in [7, 11) is 0. The number of halogens is 1. The van der Waals surface area contributed by atoms with Crippen LogP contribution in [0.25, 0.3) is 0 Å². The van der Waals surface area contributed by atoms with Crippen LogP contribution in [0.1, 0.15) is 31.4 Å². The van der Waals surface area contributed by atoms with Crippen LogP contribution < -0.4 is 5.73 Å². The van der Waals surface area contributed by atoms with Crippen LogP contribution in [0.15, 0.2) is 18.2 Å². The molecule has 0 amide bonds. The molecule has 3 heteroatoms. The molecule has 0 fully saturated rings. The molecule has 1 aromatic carbocycles. The molecule has 1 rings (SSSR count). The first-order valence-corrected chi connectivity index (χ1v) is 4.76. The first kappa shape index (κ1) is 10.4. The summed E-state index contributed by atoms with van der Waals surface area (Å²) in [5.41, 5.74) is 7.04. The van der Waals surface area contributed by atoms with E-state index < -0.39 is 6.10 Å². The smallest absolute Gasteiger partial charge is 0.0809 e. The first-order valence-electron chi connectivity index (χ1n) is 4.38. The Balaban J connectivity index is 2.88. The highest BCUT2D eigenvalue weighted by molar-refractivity contribution is 6.30. The van der Waals surface area contributed by atoms with E-state index in [1.807, 2.05) is 6.92 Å². The zero-order valence-electron chi connectivity index (χ0n) is 7.63. The Labute approximate surface area is 83.3 Å². The zero-order valence-corrected chi connectivity index (χ0v) is 8.38. The molecule has 13 heavy (non-hydrogen) atoms. The number of hydrogen-bond donors (Lipinski definition) is 2. The Morgan fingerprint density at radius 3 is 2.77 bits per heavy atom. The molecule has 0 radical (unpaired) electrons. The molecule has 3 N–H and O–H groups in total. The summed E-state index contributed by atoms with van der Waals surface area (Å²) in [5, 5.41) is 10.3. The molecule has 1 atom stereocenters. The molecule has 0 aliphatic carbocycles. The number of nitrogens with two attached hydrogens (primary N) is 1. The van der Waals surface area contributed by atoms with Gasteiger partial charge in [-0.3, -0.25) is 0 Å². The lowest BCUT2D eigenvalue weighted by Gasteiger charge is -2.12. The van der Waals surface area contributed by atoms with Crippen molar-refractivity contribution in [1.82, 2.24) is 0 Å². The molecule has 1 unspecified atom stereocenters. The summed E-state index contributed by atoms with van der Waals surface area (Å²) in [6.07, 6.45) is 1.19. The maximum absolute atomic E-state index is 9.67. The van der Waals surface area contributed by atoms with Crippen molar-refractivity contribution in [2.75, 3.05) is 5.73 Å². The lowest BCUT2D eigenvalue weighted by Crippen LogP contribution is -2.01. The van der Waals surface area contributed by atoms with E-state index in [2.05, 4.69) is 0 Å². The van der Waals surface area contributed by atoms with Gasteiger partial charge < -0.3 is 10.8 Å². The normalized spacial score (nSPS) is 12.8. The van der Waals surface area contributed by atoms with Crippen molar-refractivity contribution in [3.63, 3.8) is 0 Å². The third kappa shape index (κ3) is 2.61. The van der Waals surface area contributed by atoms with Gasteiger partial charge in [0, 0.05) is 16.3 Å². The van der Waals surface area contributed by atoms with Crippen molar-refractivity contribution in [2.24, 2.45) is 0 Å². The molecule has 72 valence electrons. The van der Waals surface area contributed by atoms with Gasteiger partial charge in [-0.2, -0.15) is 0 Å². The van der Waals surface area contributed by atoms with Gasteiger partial charge in [0.15, 0.2) is 0 Å². The van der Waals surface area contributed by atoms with E-state index in [0.717, 1.165) is 18.4 Å². The van der Waals surface area contributed by atoms with Gasteiger partial charge in [-0.05, 0) is 18.6 Å². The minimum atomic E-state index is -0.470. The summed E-state index contributed by atoms with van der Waals surface area (Å²) in [4.78, 5) is 0.